The molecular weight excluding hydrogens is 244 g/mol. The van der Waals surface area contributed by atoms with Crippen LogP contribution in [0.1, 0.15) is 36.7 Å². The van der Waals surface area contributed by atoms with Crippen molar-refractivity contribution in [3.05, 3.63) is 30.1 Å². The Balaban J connectivity index is 2.56. The SMILES string of the molecule is CC(C)C(CCO)n1cnc2c(C(=O)O)cccc21. The zero-order valence-corrected chi connectivity index (χ0v) is 11.1. The van der Waals surface area contributed by atoms with Crippen molar-refractivity contribution in [2.24, 2.45) is 5.92 Å². The van der Waals surface area contributed by atoms with Gasteiger partial charge in [0.15, 0.2) is 0 Å². The zero-order chi connectivity index (χ0) is 14.0. The van der Waals surface area contributed by atoms with Crippen LogP contribution in [0, 0.1) is 5.92 Å². The van der Waals surface area contributed by atoms with E-state index in [1.54, 1.807) is 18.5 Å². The van der Waals surface area contributed by atoms with Gasteiger partial charge in [-0.3, -0.25) is 0 Å². The standard InChI is InChI=1S/C14H18N2O3/c1-9(2)11(6-7-17)16-8-15-13-10(14(18)19)4-3-5-12(13)16/h3-5,8-9,11,17H,6-7H2,1-2H3,(H,18,19). The molecule has 0 aliphatic rings. The molecule has 1 heterocycles. The molecular formula is C14H18N2O3. The van der Waals surface area contributed by atoms with Crippen molar-refractivity contribution in [3.8, 4) is 0 Å². The van der Waals surface area contributed by atoms with Gasteiger partial charge in [0, 0.05) is 12.6 Å². The number of carboxylic acids is 1. The summed E-state index contributed by atoms with van der Waals surface area (Å²) in [5.41, 5.74) is 1.51. The summed E-state index contributed by atoms with van der Waals surface area (Å²) in [6.07, 6.45) is 2.29. The number of hydrogen-bond donors (Lipinski definition) is 2. The number of hydrogen-bond acceptors (Lipinski definition) is 3. The van der Waals surface area contributed by atoms with Crippen LogP contribution in [0.5, 0.6) is 0 Å². The number of carboxylic acid groups (broad SMARTS) is 1. The second kappa shape index (κ2) is 5.40. The zero-order valence-electron chi connectivity index (χ0n) is 11.1. The van der Waals surface area contributed by atoms with Crippen LogP contribution >= 0.6 is 0 Å². The van der Waals surface area contributed by atoms with Gasteiger partial charge in [-0.25, -0.2) is 9.78 Å². The fourth-order valence-electron chi connectivity index (χ4n) is 2.42. The van der Waals surface area contributed by atoms with Gasteiger partial charge in [-0.2, -0.15) is 0 Å². The molecule has 2 N–H and O–H groups in total. The van der Waals surface area contributed by atoms with Gasteiger partial charge < -0.3 is 14.8 Å². The van der Waals surface area contributed by atoms with Crippen molar-refractivity contribution < 1.29 is 15.0 Å². The van der Waals surface area contributed by atoms with Crippen molar-refractivity contribution >= 4 is 17.0 Å². The Labute approximate surface area is 111 Å². The molecule has 1 aromatic carbocycles. The minimum Gasteiger partial charge on any atom is -0.478 e. The van der Waals surface area contributed by atoms with Crippen LogP contribution in [0.3, 0.4) is 0 Å². The quantitative estimate of drug-likeness (QED) is 0.867. The molecule has 19 heavy (non-hydrogen) atoms. The average Bonchev–Trinajstić information content (AvgIpc) is 2.78. The molecule has 0 radical (unpaired) electrons. The Morgan fingerprint density at radius 3 is 2.74 bits per heavy atom. The number of rotatable bonds is 5. The Bertz CT molecular complexity index is 589. The molecule has 0 saturated carbocycles. The summed E-state index contributed by atoms with van der Waals surface area (Å²) in [7, 11) is 0. The number of aromatic nitrogens is 2. The summed E-state index contributed by atoms with van der Waals surface area (Å²) >= 11 is 0. The van der Waals surface area contributed by atoms with Crippen molar-refractivity contribution in [1.82, 2.24) is 9.55 Å². The molecule has 0 bridgehead atoms. The Morgan fingerprint density at radius 2 is 2.16 bits per heavy atom. The lowest BCUT2D eigenvalue weighted by molar-refractivity contribution is 0.0699. The van der Waals surface area contributed by atoms with E-state index in [-0.39, 0.29) is 18.2 Å². The number of nitrogens with zero attached hydrogens (tertiary/aromatic N) is 2. The van der Waals surface area contributed by atoms with Gasteiger partial charge in [-0.15, -0.1) is 0 Å². The van der Waals surface area contributed by atoms with Crippen molar-refractivity contribution in [3.63, 3.8) is 0 Å². The fourth-order valence-corrected chi connectivity index (χ4v) is 2.42. The number of para-hydroxylation sites is 1. The normalized spacial score (nSPS) is 13.1. The van der Waals surface area contributed by atoms with E-state index >= 15 is 0 Å². The topological polar surface area (TPSA) is 75.3 Å². The number of fused-ring (bicyclic) bond motifs is 1. The maximum absolute atomic E-state index is 11.2. The van der Waals surface area contributed by atoms with Gasteiger partial charge >= 0.3 is 5.97 Å². The van der Waals surface area contributed by atoms with Crippen LogP contribution in [-0.4, -0.2) is 32.3 Å². The molecule has 1 unspecified atom stereocenters. The molecule has 0 saturated heterocycles. The van der Waals surface area contributed by atoms with E-state index in [1.807, 2.05) is 10.6 Å². The Kier molecular flexibility index (Phi) is 3.85. The molecule has 5 heteroatoms. The van der Waals surface area contributed by atoms with Crippen molar-refractivity contribution in [2.45, 2.75) is 26.3 Å². The number of benzene rings is 1. The van der Waals surface area contributed by atoms with E-state index in [0.29, 0.717) is 17.9 Å². The number of aliphatic hydroxyl groups excluding tert-OH is 1. The molecule has 0 aliphatic carbocycles. The smallest absolute Gasteiger partial charge is 0.337 e. The van der Waals surface area contributed by atoms with Crippen LogP contribution in [-0.2, 0) is 0 Å². The van der Waals surface area contributed by atoms with Crippen LogP contribution in [0.15, 0.2) is 24.5 Å². The fraction of sp³-hybridized carbons (Fsp3) is 0.429. The van der Waals surface area contributed by atoms with Gasteiger partial charge in [0.25, 0.3) is 0 Å². The molecule has 2 rings (SSSR count). The first-order chi connectivity index (χ1) is 9.06. The highest BCUT2D eigenvalue weighted by Gasteiger charge is 2.19. The highest BCUT2D eigenvalue weighted by Crippen LogP contribution is 2.27. The number of aliphatic hydroxyl groups is 1. The van der Waals surface area contributed by atoms with E-state index in [9.17, 15) is 9.90 Å². The number of imidazole rings is 1. The largest absolute Gasteiger partial charge is 0.478 e. The predicted molar refractivity (Wildman–Crippen MR) is 72.3 cm³/mol. The minimum absolute atomic E-state index is 0.0984. The molecule has 0 amide bonds. The summed E-state index contributed by atoms with van der Waals surface area (Å²) in [6, 6.07) is 5.25. The lowest BCUT2D eigenvalue weighted by atomic mass is 10.0. The maximum atomic E-state index is 11.2. The van der Waals surface area contributed by atoms with Gasteiger partial charge in [-0.1, -0.05) is 19.9 Å². The number of aromatic carboxylic acids is 1. The second-order valence-corrected chi connectivity index (χ2v) is 4.95. The first kappa shape index (κ1) is 13.5. The third kappa shape index (κ3) is 2.46. The lowest BCUT2D eigenvalue weighted by Crippen LogP contribution is -2.16. The molecule has 102 valence electrons. The van der Waals surface area contributed by atoms with Gasteiger partial charge in [0.1, 0.15) is 5.52 Å². The predicted octanol–water partition coefficient (Wildman–Crippen LogP) is 2.31. The van der Waals surface area contributed by atoms with Crippen LogP contribution in [0.25, 0.3) is 11.0 Å². The second-order valence-electron chi connectivity index (χ2n) is 4.95. The first-order valence-electron chi connectivity index (χ1n) is 6.36. The summed E-state index contributed by atoms with van der Waals surface area (Å²) in [6.45, 7) is 4.25. The maximum Gasteiger partial charge on any atom is 0.337 e. The molecule has 1 atom stereocenters. The highest BCUT2D eigenvalue weighted by molar-refractivity contribution is 6.00. The molecule has 1 aromatic heterocycles. The molecule has 0 fully saturated rings. The monoisotopic (exact) mass is 262 g/mol. The average molecular weight is 262 g/mol. The first-order valence-corrected chi connectivity index (χ1v) is 6.36. The Morgan fingerprint density at radius 1 is 1.42 bits per heavy atom. The van der Waals surface area contributed by atoms with E-state index in [0.717, 1.165) is 5.52 Å². The third-order valence-corrected chi connectivity index (χ3v) is 3.39. The van der Waals surface area contributed by atoms with Crippen LogP contribution < -0.4 is 0 Å². The minimum atomic E-state index is -0.973. The van der Waals surface area contributed by atoms with Gasteiger partial charge in [0.05, 0.1) is 17.4 Å². The van der Waals surface area contributed by atoms with Crippen molar-refractivity contribution in [2.75, 3.05) is 6.61 Å². The summed E-state index contributed by atoms with van der Waals surface area (Å²) in [4.78, 5) is 15.4. The summed E-state index contributed by atoms with van der Waals surface area (Å²) in [5.74, 6) is -0.642. The highest BCUT2D eigenvalue weighted by atomic mass is 16.4. The molecule has 0 spiro atoms. The van der Waals surface area contributed by atoms with Crippen molar-refractivity contribution in [1.29, 1.82) is 0 Å². The number of carbonyl (C=O) groups is 1. The van der Waals surface area contributed by atoms with Gasteiger partial charge in [-0.05, 0) is 24.5 Å². The van der Waals surface area contributed by atoms with E-state index in [4.69, 9.17) is 5.11 Å². The summed E-state index contributed by atoms with van der Waals surface area (Å²) < 4.78 is 1.96. The van der Waals surface area contributed by atoms with Crippen LogP contribution in [0.4, 0.5) is 0 Å². The Hall–Kier alpha value is -1.88. The van der Waals surface area contributed by atoms with E-state index in [1.165, 1.54) is 0 Å². The molecule has 5 nitrogen and oxygen atoms in total. The van der Waals surface area contributed by atoms with Crippen LogP contribution in [0.2, 0.25) is 0 Å². The van der Waals surface area contributed by atoms with E-state index in [2.05, 4.69) is 18.8 Å². The van der Waals surface area contributed by atoms with Gasteiger partial charge in [0.2, 0.25) is 0 Å². The molecule has 2 aromatic rings. The lowest BCUT2D eigenvalue weighted by Gasteiger charge is -2.22. The molecule has 0 aliphatic heterocycles. The van der Waals surface area contributed by atoms with E-state index < -0.39 is 5.97 Å². The summed E-state index contributed by atoms with van der Waals surface area (Å²) in [5, 5.41) is 18.3. The third-order valence-electron chi connectivity index (χ3n) is 3.39.